The molecule has 0 amide bonds. The van der Waals surface area contributed by atoms with E-state index in [1.165, 1.54) is 0 Å². The third-order valence-corrected chi connectivity index (χ3v) is 3.72. The van der Waals surface area contributed by atoms with E-state index >= 15 is 0 Å². The highest BCUT2D eigenvalue weighted by molar-refractivity contribution is 6.30. The summed E-state index contributed by atoms with van der Waals surface area (Å²) in [7, 11) is 0. The second-order valence-corrected chi connectivity index (χ2v) is 4.78. The van der Waals surface area contributed by atoms with Crippen LogP contribution < -0.4 is 4.74 Å². The minimum absolute atomic E-state index is 0.398. The van der Waals surface area contributed by atoms with Crippen LogP contribution in [0.4, 0.5) is 0 Å². The van der Waals surface area contributed by atoms with Gasteiger partial charge in [-0.3, -0.25) is 4.79 Å². The summed E-state index contributed by atoms with van der Waals surface area (Å²) in [6.45, 7) is 4.20. The molecule has 1 N–H and O–H groups in total. The van der Waals surface area contributed by atoms with Crippen LogP contribution in [0.15, 0.2) is 24.3 Å². The zero-order valence-electron chi connectivity index (χ0n) is 10.8. The fourth-order valence-electron chi connectivity index (χ4n) is 1.91. The van der Waals surface area contributed by atoms with Gasteiger partial charge in [0, 0.05) is 5.02 Å². The number of carbonyl (C=O) groups is 1. The van der Waals surface area contributed by atoms with E-state index < -0.39 is 11.4 Å². The van der Waals surface area contributed by atoms with E-state index in [1.807, 2.05) is 13.8 Å². The zero-order chi connectivity index (χ0) is 13.6. The van der Waals surface area contributed by atoms with Crippen LogP contribution in [0.2, 0.25) is 5.02 Å². The predicted octanol–water partition coefficient (Wildman–Crippen LogP) is 4.00. The van der Waals surface area contributed by atoms with Crippen LogP contribution in [0.25, 0.3) is 0 Å². The highest BCUT2D eigenvalue weighted by Gasteiger charge is 2.34. The van der Waals surface area contributed by atoms with Crippen LogP contribution in [0.5, 0.6) is 5.75 Å². The molecule has 0 atom stereocenters. The van der Waals surface area contributed by atoms with Gasteiger partial charge in [-0.05, 0) is 43.5 Å². The largest absolute Gasteiger partial charge is 0.494 e. The monoisotopic (exact) mass is 270 g/mol. The van der Waals surface area contributed by atoms with Crippen LogP contribution in [0.3, 0.4) is 0 Å². The van der Waals surface area contributed by atoms with Crippen molar-refractivity contribution in [1.82, 2.24) is 0 Å². The maximum absolute atomic E-state index is 11.3. The third kappa shape index (κ3) is 3.64. The standard InChI is InChI=1S/C14H19ClO3/c1-3-14(4-2,13(16)17)9-10-18-12-7-5-11(15)6-8-12/h5-8H,3-4,9-10H2,1-2H3,(H,16,17). The van der Waals surface area contributed by atoms with Crippen LogP contribution in [0, 0.1) is 5.41 Å². The highest BCUT2D eigenvalue weighted by Crippen LogP contribution is 2.31. The first kappa shape index (κ1) is 14.8. The van der Waals surface area contributed by atoms with Crippen molar-refractivity contribution in [1.29, 1.82) is 0 Å². The minimum Gasteiger partial charge on any atom is -0.494 e. The molecular formula is C14H19ClO3. The van der Waals surface area contributed by atoms with Gasteiger partial charge < -0.3 is 9.84 Å². The number of rotatable bonds is 7. The Balaban J connectivity index is 2.54. The summed E-state index contributed by atoms with van der Waals surface area (Å²) < 4.78 is 5.55. The van der Waals surface area contributed by atoms with E-state index in [1.54, 1.807) is 24.3 Å². The quantitative estimate of drug-likeness (QED) is 0.815. The number of carboxylic acid groups (broad SMARTS) is 1. The first-order valence-corrected chi connectivity index (χ1v) is 6.53. The van der Waals surface area contributed by atoms with Gasteiger partial charge in [0.1, 0.15) is 5.75 Å². The first-order valence-electron chi connectivity index (χ1n) is 6.16. The molecule has 1 aromatic rings. The third-order valence-electron chi connectivity index (χ3n) is 3.47. The molecule has 0 unspecified atom stereocenters. The molecule has 18 heavy (non-hydrogen) atoms. The fourth-order valence-corrected chi connectivity index (χ4v) is 2.03. The van der Waals surface area contributed by atoms with E-state index in [0.29, 0.717) is 36.6 Å². The van der Waals surface area contributed by atoms with Crippen molar-refractivity contribution in [2.75, 3.05) is 6.61 Å². The van der Waals surface area contributed by atoms with Crippen molar-refractivity contribution < 1.29 is 14.6 Å². The van der Waals surface area contributed by atoms with Gasteiger partial charge in [-0.15, -0.1) is 0 Å². The highest BCUT2D eigenvalue weighted by atomic mass is 35.5. The summed E-state index contributed by atoms with van der Waals surface area (Å²) in [5.74, 6) is -0.0295. The molecule has 100 valence electrons. The Bertz CT molecular complexity index is 383. The van der Waals surface area contributed by atoms with Gasteiger partial charge in [0.25, 0.3) is 0 Å². The number of ether oxygens (including phenoxy) is 1. The summed E-state index contributed by atoms with van der Waals surface area (Å²) in [5.41, 5.74) is -0.674. The van der Waals surface area contributed by atoms with E-state index in [0.717, 1.165) is 0 Å². The maximum atomic E-state index is 11.3. The van der Waals surface area contributed by atoms with Gasteiger partial charge in [0.15, 0.2) is 0 Å². The SMILES string of the molecule is CCC(CC)(CCOc1ccc(Cl)cc1)C(=O)O. The number of hydrogen-bond donors (Lipinski definition) is 1. The number of benzene rings is 1. The molecule has 0 saturated heterocycles. The Morgan fingerprint density at radius 2 is 1.83 bits per heavy atom. The second kappa shape index (κ2) is 6.64. The fraction of sp³-hybridized carbons (Fsp3) is 0.500. The lowest BCUT2D eigenvalue weighted by Gasteiger charge is -2.26. The predicted molar refractivity (Wildman–Crippen MR) is 72.2 cm³/mol. The smallest absolute Gasteiger partial charge is 0.309 e. The van der Waals surface area contributed by atoms with Gasteiger partial charge in [-0.2, -0.15) is 0 Å². The molecule has 0 aliphatic carbocycles. The van der Waals surface area contributed by atoms with Crippen molar-refractivity contribution in [3.8, 4) is 5.75 Å². The molecule has 1 rings (SSSR count). The molecule has 0 spiro atoms. The Kier molecular flexibility index (Phi) is 5.48. The maximum Gasteiger partial charge on any atom is 0.309 e. The van der Waals surface area contributed by atoms with Crippen molar-refractivity contribution in [3.05, 3.63) is 29.3 Å². The van der Waals surface area contributed by atoms with Gasteiger partial charge in [-0.1, -0.05) is 25.4 Å². The molecule has 0 heterocycles. The average Bonchev–Trinajstić information content (AvgIpc) is 2.37. The number of hydrogen-bond acceptors (Lipinski definition) is 2. The lowest BCUT2D eigenvalue weighted by molar-refractivity contribution is -0.150. The number of aliphatic carboxylic acids is 1. The summed E-state index contributed by atoms with van der Waals surface area (Å²) in [6, 6.07) is 7.06. The van der Waals surface area contributed by atoms with Crippen LogP contribution in [-0.4, -0.2) is 17.7 Å². The molecule has 0 aromatic heterocycles. The lowest BCUT2D eigenvalue weighted by Crippen LogP contribution is -2.31. The summed E-state index contributed by atoms with van der Waals surface area (Å²) in [5, 5.41) is 9.94. The Morgan fingerprint density at radius 1 is 1.28 bits per heavy atom. The van der Waals surface area contributed by atoms with Crippen LogP contribution >= 0.6 is 11.6 Å². The van der Waals surface area contributed by atoms with Gasteiger partial charge >= 0.3 is 5.97 Å². The molecule has 0 radical (unpaired) electrons. The molecule has 4 heteroatoms. The summed E-state index contributed by atoms with van der Waals surface area (Å²) in [6.07, 6.45) is 1.74. The molecule has 1 aromatic carbocycles. The molecule has 0 fully saturated rings. The molecule has 0 aliphatic rings. The van der Waals surface area contributed by atoms with Crippen molar-refractivity contribution in [2.45, 2.75) is 33.1 Å². The van der Waals surface area contributed by atoms with E-state index in [9.17, 15) is 9.90 Å². The molecule has 0 saturated carbocycles. The number of carboxylic acids is 1. The van der Waals surface area contributed by atoms with E-state index in [4.69, 9.17) is 16.3 Å². The first-order chi connectivity index (χ1) is 8.54. The van der Waals surface area contributed by atoms with Gasteiger partial charge in [-0.25, -0.2) is 0 Å². The molecule has 0 aliphatic heterocycles. The zero-order valence-corrected chi connectivity index (χ0v) is 11.5. The van der Waals surface area contributed by atoms with Crippen LogP contribution in [-0.2, 0) is 4.79 Å². The van der Waals surface area contributed by atoms with Gasteiger partial charge in [0.2, 0.25) is 0 Å². The summed E-state index contributed by atoms with van der Waals surface area (Å²) >= 11 is 5.77. The lowest BCUT2D eigenvalue weighted by atomic mass is 9.79. The Labute approximate surface area is 113 Å². The van der Waals surface area contributed by atoms with Crippen molar-refractivity contribution >= 4 is 17.6 Å². The summed E-state index contributed by atoms with van der Waals surface area (Å²) in [4.78, 5) is 11.3. The van der Waals surface area contributed by atoms with Crippen molar-refractivity contribution in [3.63, 3.8) is 0 Å². The van der Waals surface area contributed by atoms with Gasteiger partial charge in [0.05, 0.1) is 12.0 Å². The Hall–Kier alpha value is -1.22. The van der Waals surface area contributed by atoms with E-state index in [2.05, 4.69) is 0 Å². The number of halogens is 1. The molecule has 3 nitrogen and oxygen atoms in total. The van der Waals surface area contributed by atoms with E-state index in [-0.39, 0.29) is 0 Å². The van der Waals surface area contributed by atoms with Crippen molar-refractivity contribution in [2.24, 2.45) is 5.41 Å². The normalized spacial score (nSPS) is 11.3. The topological polar surface area (TPSA) is 46.5 Å². The Morgan fingerprint density at radius 3 is 2.28 bits per heavy atom. The average molecular weight is 271 g/mol. The molecule has 0 bridgehead atoms. The second-order valence-electron chi connectivity index (χ2n) is 4.34. The molecular weight excluding hydrogens is 252 g/mol. The minimum atomic E-state index is -0.743. The van der Waals surface area contributed by atoms with Crippen LogP contribution in [0.1, 0.15) is 33.1 Å².